The number of nitrogens with one attached hydrogen (secondary N) is 2. The van der Waals surface area contributed by atoms with Crippen molar-refractivity contribution in [1.82, 2.24) is 10.0 Å². The molecule has 0 bridgehead atoms. The molecule has 1 fully saturated rings. The topological polar surface area (TPSA) is 58.2 Å². The first-order valence-corrected chi connectivity index (χ1v) is 7.15. The van der Waals surface area contributed by atoms with Crippen molar-refractivity contribution in [2.24, 2.45) is 0 Å². The smallest absolute Gasteiger partial charge is 0.243 e. The van der Waals surface area contributed by atoms with Gasteiger partial charge >= 0.3 is 0 Å². The minimum absolute atomic E-state index is 0.176. The molecule has 1 saturated carbocycles. The summed E-state index contributed by atoms with van der Waals surface area (Å²) in [6.07, 6.45) is 2.22. The van der Waals surface area contributed by atoms with Crippen molar-refractivity contribution < 1.29 is 17.2 Å². The predicted octanol–water partition coefficient (Wildman–Crippen LogP) is 0.995. The zero-order valence-corrected chi connectivity index (χ0v) is 10.4. The van der Waals surface area contributed by atoms with Crippen LogP contribution in [0.2, 0.25) is 0 Å². The molecule has 1 aromatic rings. The molecule has 2 N–H and O–H groups in total. The van der Waals surface area contributed by atoms with Gasteiger partial charge in [0.2, 0.25) is 10.0 Å². The van der Waals surface area contributed by atoms with E-state index in [2.05, 4.69) is 10.0 Å². The maximum atomic E-state index is 13.3. The molecule has 1 aromatic carbocycles. The fourth-order valence-corrected chi connectivity index (χ4v) is 2.61. The van der Waals surface area contributed by atoms with E-state index in [0.29, 0.717) is 18.7 Å². The first-order chi connectivity index (χ1) is 8.49. The van der Waals surface area contributed by atoms with Gasteiger partial charge in [-0.1, -0.05) is 0 Å². The van der Waals surface area contributed by atoms with Crippen molar-refractivity contribution in [3.8, 4) is 0 Å². The first-order valence-electron chi connectivity index (χ1n) is 5.67. The van der Waals surface area contributed by atoms with Crippen LogP contribution in [-0.2, 0) is 10.0 Å². The highest BCUT2D eigenvalue weighted by Crippen LogP contribution is 2.18. The lowest BCUT2D eigenvalue weighted by atomic mass is 10.3. The molecule has 0 spiro atoms. The fraction of sp³-hybridized carbons (Fsp3) is 0.455. The Kier molecular flexibility index (Phi) is 3.94. The van der Waals surface area contributed by atoms with Gasteiger partial charge in [0.05, 0.1) is 0 Å². The average Bonchev–Trinajstić information content (AvgIpc) is 3.07. The Morgan fingerprint density at radius 3 is 2.56 bits per heavy atom. The number of benzene rings is 1. The lowest BCUT2D eigenvalue weighted by Gasteiger charge is -2.08. The van der Waals surface area contributed by atoms with Crippen LogP contribution in [0.15, 0.2) is 23.1 Å². The van der Waals surface area contributed by atoms with Crippen molar-refractivity contribution >= 4 is 10.0 Å². The summed E-state index contributed by atoms with van der Waals surface area (Å²) in [7, 11) is -3.92. The van der Waals surface area contributed by atoms with Crippen molar-refractivity contribution in [3.05, 3.63) is 29.8 Å². The number of hydrogen-bond acceptors (Lipinski definition) is 3. The van der Waals surface area contributed by atoms with E-state index in [4.69, 9.17) is 0 Å². The molecule has 0 aliphatic heterocycles. The molecule has 1 aliphatic carbocycles. The molecule has 2 rings (SSSR count). The third-order valence-electron chi connectivity index (χ3n) is 2.61. The summed E-state index contributed by atoms with van der Waals surface area (Å²) in [4.78, 5) is -0.532. The van der Waals surface area contributed by atoms with E-state index in [1.165, 1.54) is 0 Å². The number of halogens is 2. The van der Waals surface area contributed by atoms with E-state index < -0.39 is 26.6 Å². The highest BCUT2D eigenvalue weighted by atomic mass is 32.2. The van der Waals surface area contributed by atoms with Gasteiger partial charge in [0.25, 0.3) is 0 Å². The Balaban J connectivity index is 1.95. The molecule has 0 radical (unpaired) electrons. The van der Waals surface area contributed by atoms with Crippen LogP contribution < -0.4 is 10.0 Å². The van der Waals surface area contributed by atoms with Crippen LogP contribution >= 0.6 is 0 Å². The van der Waals surface area contributed by atoms with Gasteiger partial charge in [-0.2, -0.15) is 0 Å². The van der Waals surface area contributed by atoms with Crippen molar-refractivity contribution in [1.29, 1.82) is 0 Å². The minimum Gasteiger partial charge on any atom is -0.313 e. The van der Waals surface area contributed by atoms with Gasteiger partial charge in [-0.25, -0.2) is 21.9 Å². The van der Waals surface area contributed by atoms with Gasteiger partial charge in [0.1, 0.15) is 16.5 Å². The highest BCUT2D eigenvalue weighted by Gasteiger charge is 2.21. The van der Waals surface area contributed by atoms with Crippen LogP contribution in [0, 0.1) is 11.6 Å². The minimum atomic E-state index is -3.92. The number of rotatable bonds is 6. The lowest BCUT2D eigenvalue weighted by Crippen LogP contribution is -2.33. The molecule has 0 aromatic heterocycles. The summed E-state index contributed by atoms with van der Waals surface area (Å²) in [6.45, 7) is 0.669. The second-order valence-electron chi connectivity index (χ2n) is 4.20. The second-order valence-corrected chi connectivity index (χ2v) is 5.94. The molecular weight excluding hydrogens is 262 g/mol. The molecule has 0 unspecified atom stereocenters. The fourth-order valence-electron chi connectivity index (χ4n) is 1.52. The molecule has 4 nitrogen and oxygen atoms in total. The van der Waals surface area contributed by atoms with Crippen LogP contribution in [0.25, 0.3) is 0 Å². The number of hydrogen-bond donors (Lipinski definition) is 2. The third kappa shape index (κ3) is 3.47. The van der Waals surface area contributed by atoms with Gasteiger partial charge in [-0.05, 0) is 25.0 Å². The molecule has 0 saturated heterocycles. The quantitative estimate of drug-likeness (QED) is 0.762. The van der Waals surface area contributed by atoms with E-state index in [1.54, 1.807) is 0 Å². The van der Waals surface area contributed by atoms with Crippen LogP contribution in [0.5, 0.6) is 0 Å². The Hall–Kier alpha value is -1.05. The zero-order valence-electron chi connectivity index (χ0n) is 9.62. The summed E-state index contributed by atoms with van der Waals surface area (Å²) in [5.41, 5.74) is 0. The second kappa shape index (κ2) is 5.29. The maximum absolute atomic E-state index is 13.3. The Labute approximate surface area is 104 Å². The predicted molar refractivity (Wildman–Crippen MR) is 62.6 cm³/mol. The van der Waals surface area contributed by atoms with Crippen LogP contribution in [0.4, 0.5) is 8.78 Å². The van der Waals surface area contributed by atoms with Crippen LogP contribution in [0.3, 0.4) is 0 Å². The molecule has 1 aliphatic rings. The normalized spacial score (nSPS) is 15.9. The highest BCUT2D eigenvalue weighted by molar-refractivity contribution is 7.89. The van der Waals surface area contributed by atoms with Crippen molar-refractivity contribution in [2.45, 2.75) is 23.8 Å². The van der Waals surface area contributed by atoms with E-state index in [0.717, 1.165) is 25.0 Å². The van der Waals surface area contributed by atoms with Crippen LogP contribution in [-0.4, -0.2) is 27.5 Å². The largest absolute Gasteiger partial charge is 0.313 e. The van der Waals surface area contributed by atoms with Crippen LogP contribution in [0.1, 0.15) is 12.8 Å². The van der Waals surface area contributed by atoms with Gasteiger partial charge in [0.15, 0.2) is 0 Å². The molecule has 0 atom stereocenters. The molecule has 7 heteroatoms. The molecular formula is C11H14F2N2O2S. The summed E-state index contributed by atoms with van der Waals surface area (Å²) in [5, 5.41) is 3.12. The Bertz CT molecular complexity index is 530. The van der Waals surface area contributed by atoms with Gasteiger partial charge < -0.3 is 5.32 Å². The summed E-state index contributed by atoms with van der Waals surface area (Å²) in [5.74, 6) is -1.89. The molecule has 0 amide bonds. The first kappa shape index (κ1) is 13.4. The van der Waals surface area contributed by atoms with Crippen molar-refractivity contribution in [3.63, 3.8) is 0 Å². The molecule has 0 heterocycles. The molecule has 18 heavy (non-hydrogen) atoms. The SMILES string of the molecule is O=S(=O)(NCCNC1CC1)c1ccc(F)cc1F. The standard InChI is InChI=1S/C11H14F2N2O2S/c12-8-1-4-11(10(13)7-8)18(16,17)15-6-5-14-9-2-3-9/h1,4,7,9,14-15H,2-3,5-6H2. The maximum Gasteiger partial charge on any atom is 0.243 e. The van der Waals surface area contributed by atoms with E-state index in [-0.39, 0.29) is 6.54 Å². The zero-order chi connectivity index (χ0) is 13.2. The van der Waals surface area contributed by atoms with Gasteiger partial charge in [-0.15, -0.1) is 0 Å². The van der Waals surface area contributed by atoms with Crippen molar-refractivity contribution in [2.75, 3.05) is 13.1 Å². The summed E-state index contributed by atoms with van der Waals surface area (Å²) < 4.78 is 51.7. The van der Waals surface area contributed by atoms with Gasteiger partial charge in [0, 0.05) is 25.2 Å². The Morgan fingerprint density at radius 1 is 1.22 bits per heavy atom. The average molecular weight is 276 g/mol. The summed E-state index contributed by atoms with van der Waals surface area (Å²) >= 11 is 0. The lowest BCUT2D eigenvalue weighted by molar-refractivity contribution is 0.541. The number of sulfonamides is 1. The van der Waals surface area contributed by atoms with Gasteiger partial charge in [-0.3, -0.25) is 0 Å². The summed E-state index contributed by atoms with van der Waals surface area (Å²) in [6, 6.07) is 2.87. The monoisotopic (exact) mass is 276 g/mol. The van der Waals surface area contributed by atoms with E-state index in [9.17, 15) is 17.2 Å². The molecule has 100 valence electrons. The Morgan fingerprint density at radius 2 is 1.94 bits per heavy atom. The van der Waals surface area contributed by atoms with E-state index in [1.807, 2.05) is 0 Å². The third-order valence-corrected chi connectivity index (χ3v) is 4.11. The van der Waals surface area contributed by atoms with E-state index >= 15 is 0 Å².